The van der Waals surface area contributed by atoms with Crippen LogP contribution in [-0.2, 0) is 6.42 Å². The SMILES string of the molecule is CCc1ccc(OCC[N+]23CCC(CC2)CC3)cc1. The summed E-state index contributed by atoms with van der Waals surface area (Å²) < 4.78 is 7.26. The van der Waals surface area contributed by atoms with E-state index in [4.69, 9.17) is 4.74 Å². The van der Waals surface area contributed by atoms with E-state index in [9.17, 15) is 0 Å². The average Bonchev–Trinajstić information content (AvgIpc) is 2.50. The number of nitrogens with zero attached hydrogens (tertiary/aromatic N) is 1. The number of hydrogen-bond acceptors (Lipinski definition) is 1. The highest BCUT2D eigenvalue weighted by Crippen LogP contribution is 2.33. The molecule has 104 valence electrons. The van der Waals surface area contributed by atoms with E-state index < -0.39 is 0 Å². The minimum atomic E-state index is 0.871. The fourth-order valence-corrected chi connectivity index (χ4v) is 3.65. The van der Waals surface area contributed by atoms with E-state index >= 15 is 0 Å². The topological polar surface area (TPSA) is 9.23 Å². The van der Waals surface area contributed by atoms with E-state index in [1.807, 2.05) is 0 Å². The minimum Gasteiger partial charge on any atom is -0.488 e. The Morgan fingerprint density at radius 3 is 2.26 bits per heavy atom. The van der Waals surface area contributed by atoms with Gasteiger partial charge in [-0.3, -0.25) is 0 Å². The summed E-state index contributed by atoms with van der Waals surface area (Å²) in [5, 5.41) is 0. The van der Waals surface area contributed by atoms with E-state index in [-0.39, 0.29) is 0 Å². The predicted octanol–water partition coefficient (Wildman–Crippen LogP) is 3.26. The molecule has 2 nitrogen and oxygen atoms in total. The molecule has 0 spiro atoms. The van der Waals surface area contributed by atoms with Crippen LogP contribution >= 0.6 is 0 Å². The standard InChI is InChI=1S/C17H26NO/c1-2-15-3-5-17(6-4-15)19-14-13-18-10-7-16(8-11-18)9-12-18/h3-6,16H,2,7-14H2,1H3/q+1. The Labute approximate surface area is 117 Å². The van der Waals surface area contributed by atoms with Crippen molar-refractivity contribution in [2.75, 3.05) is 32.8 Å². The summed E-state index contributed by atoms with van der Waals surface area (Å²) in [6.45, 7) is 8.43. The molecule has 2 heteroatoms. The Kier molecular flexibility index (Phi) is 3.79. The third-order valence-corrected chi connectivity index (χ3v) is 5.20. The lowest BCUT2D eigenvalue weighted by molar-refractivity contribution is -0.942. The molecule has 0 radical (unpaired) electrons. The van der Waals surface area contributed by atoms with Gasteiger partial charge in [-0.25, -0.2) is 0 Å². The van der Waals surface area contributed by atoms with Crippen LogP contribution in [0.3, 0.4) is 0 Å². The third-order valence-electron chi connectivity index (χ3n) is 5.20. The number of benzene rings is 1. The van der Waals surface area contributed by atoms with Gasteiger partial charge in [0.1, 0.15) is 18.9 Å². The summed E-state index contributed by atoms with van der Waals surface area (Å²) >= 11 is 0. The molecule has 1 aromatic rings. The van der Waals surface area contributed by atoms with Crippen LogP contribution in [0.1, 0.15) is 31.7 Å². The van der Waals surface area contributed by atoms with Crippen molar-refractivity contribution in [3.63, 3.8) is 0 Å². The van der Waals surface area contributed by atoms with Gasteiger partial charge in [0.25, 0.3) is 0 Å². The smallest absolute Gasteiger partial charge is 0.137 e. The van der Waals surface area contributed by atoms with Crippen molar-refractivity contribution in [2.24, 2.45) is 5.92 Å². The summed E-state index contributed by atoms with van der Waals surface area (Å²) in [6, 6.07) is 8.57. The summed E-state index contributed by atoms with van der Waals surface area (Å²) in [6.07, 6.45) is 5.45. The fraction of sp³-hybridized carbons (Fsp3) is 0.647. The maximum absolute atomic E-state index is 5.94. The van der Waals surface area contributed by atoms with Crippen LogP contribution in [-0.4, -0.2) is 37.3 Å². The number of hydrogen-bond donors (Lipinski definition) is 0. The molecule has 3 saturated heterocycles. The molecule has 0 N–H and O–H groups in total. The van der Waals surface area contributed by atoms with E-state index in [1.165, 1.54) is 55.5 Å². The van der Waals surface area contributed by atoms with Crippen molar-refractivity contribution in [3.8, 4) is 5.75 Å². The van der Waals surface area contributed by atoms with Gasteiger partial charge in [0.15, 0.2) is 0 Å². The summed E-state index contributed by atoms with van der Waals surface area (Å²) in [5.41, 5.74) is 1.38. The van der Waals surface area contributed by atoms with Gasteiger partial charge in [0.2, 0.25) is 0 Å². The molecule has 3 aliphatic rings. The number of quaternary nitrogens is 1. The molecule has 0 amide bonds. The Morgan fingerprint density at radius 2 is 1.68 bits per heavy atom. The van der Waals surface area contributed by atoms with Crippen LogP contribution in [0.2, 0.25) is 0 Å². The summed E-state index contributed by atoms with van der Waals surface area (Å²) in [7, 11) is 0. The molecule has 0 saturated carbocycles. The van der Waals surface area contributed by atoms with Crippen molar-refractivity contribution < 1.29 is 9.22 Å². The monoisotopic (exact) mass is 260 g/mol. The molecular weight excluding hydrogens is 234 g/mol. The van der Waals surface area contributed by atoms with Crippen molar-refractivity contribution >= 4 is 0 Å². The number of ether oxygens (including phenoxy) is 1. The molecular formula is C17H26NO+. The van der Waals surface area contributed by atoms with Crippen LogP contribution < -0.4 is 4.74 Å². The van der Waals surface area contributed by atoms with Crippen LogP contribution in [0, 0.1) is 5.92 Å². The molecule has 0 unspecified atom stereocenters. The van der Waals surface area contributed by atoms with Crippen molar-refractivity contribution in [2.45, 2.75) is 32.6 Å². The molecule has 0 aromatic heterocycles. The minimum absolute atomic E-state index is 0.871. The zero-order valence-electron chi connectivity index (χ0n) is 12.1. The van der Waals surface area contributed by atoms with Crippen LogP contribution in [0.4, 0.5) is 0 Å². The number of rotatable bonds is 5. The Balaban J connectivity index is 1.49. The van der Waals surface area contributed by atoms with E-state index in [1.54, 1.807) is 0 Å². The van der Waals surface area contributed by atoms with Crippen LogP contribution in [0.15, 0.2) is 24.3 Å². The van der Waals surface area contributed by atoms with Crippen LogP contribution in [0.5, 0.6) is 5.75 Å². The van der Waals surface area contributed by atoms with Gasteiger partial charge >= 0.3 is 0 Å². The molecule has 3 aliphatic heterocycles. The van der Waals surface area contributed by atoms with Crippen LogP contribution in [0.25, 0.3) is 0 Å². The lowest BCUT2D eigenvalue weighted by Gasteiger charge is -2.49. The van der Waals surface area contributed by atoms with E-state index in [0.717, 1.165) is 24.7 Å². The highest BCUT2D eigenvalue weighted by Gasteiger charge is 2.39. The first-order valence-electron chi connectivity index (χ1n) is 7.86. The third kappa shape index (κ3) is 2.94. The Hall–Kier alpha value is -1.02. The molecule has 19 heavy (non-hydrogen) atoms. The highest BCUT2D eigenvalue weighted by molar-refractivity contribution is 5.27. The summed E-state index contributed by atoms with van der Waals surface area (Å²) in [4.78, 5) is 0. The second-order valence-electron chi connectivity index (χ2n) is 6.31. The first-order valence-corrected chi connectivity index (χ1v) is 7.86. The van der Waals surface area contributed by atoms with E-state index in [0.29, 0.717) is 0 Å². The molecule has 0 atom stereocenters. The first-order chi connectivity index (χ1) is 9.30. The largest absolute Gasteiger partial charge is 0.488 e. The van der Waals surface area contributed by atoms with Gasteiger partial charge in [0.05, 0.1) is 19.6 Å². The lowest BCUT2D eigenvalue weighted by Crippen LogP contribution is -2.59. The fourth-order valence-electron chi connectivity index (χ4n) is 3.65. The van der Waals surface area contributed by atoms with Gasteiger partial charge < -0.3 is 9.22 Å². The Morgan fingerprint density at radius 1 is 1.05 bits per heavy atom. The quantitative estimate of drug-likeness (QED) is 0.738. The maximum Gasteiger partial charge on any atom is 0.137 e. The second kappa shape index (κ2) is 5.54. The van der Waals surface area contributed by atoms with Gasteiger partial charge in [-0.15, -0.1) is 0 Å². The van der Waals surface area contributed by atoms with Crippen molar-refractivity contribution in [3.05, 3.63) is 29.8 Å². The molecule has 4 rings (SSSR count). The van der Waals surface area contributed by atoms with Gasteiger partial charge in [-0.1, -0.05) is 19.1 Å². The van der Waals surface area contributed by atoms with Gasteiger partial charge in [0, 0.05) is 0 Å². The Bertz CT molecular complexity index is 390. The average molecular weight is 260 g/mol. The number of fused-ring (bicyclic) bond motifs is 3. The van der Waals surface area contributed by atoms with Crippen molar-refractivity contribution in [1.29, 1.82) is 0 Å². The lowest BCUT2D eigenvalue weighted by atomic mass is 9.86. The summed E-state index contributed by atoms with van der Waals surface area (Å²) in [5.74, 6) is 2.07. The maximum atomic E-state index is 5.94. The number of piperidine rings is 3. The number of aryl methyl sites for hydroxylation is 1. The molecule has 3 fully saturated rings. The molecule has 1 aromatic carbocycles. The molecule has 0 aliphatic carbocycles. The predicted molar refractivity (Wildman–Crippen MR) is 78.4 cm³/mol. The normalized spacial score (nSPS) is 29.4. The second-order valence-corrected chi connectivity index (χ2v) is 6.31. The highest BCUT2D eigenvalue weighted by atomic mass is 16.5. The molecule has 3 heterocycles. The van der Waals surface area contributed by atoms with Crippen molar-refractivity contribution in [1.82, 2.24) is 0 Å². The van der Waals surface area contributed by atoms with Gasteiger partial charge in [-0.2, -0.15) is 0 Å². The first kappa shape index (κ1) is 13.0. The molecule has 2 bridgehead atoms. The zero-order chi connectivity index (χ0) is 13.1. The zero-order valence-corrected chi connectivity index (χ0v) is 12.1. The van der Waals surface area contributed by atoms with E-state index in [2.05, 4.69) is 31.2 Å². The van der Waals surface area contributed by atoms with Gasteiger partial charge in [-0.05, 0) is 49.3 Å².